The summed E-state index contributed by atoms with van der Waals surface area (Å²) in [4.78, 5) is 20.0. The minimum Gasteiger partial charge on any atom is -0.283 e. The summed E-state index contributed by atoms with van der Waals surface area (Å²) >= 11 is 3.12. The molecule has 0 N–H and O–H groups in total. The van der Waals surface area contributed by atoms with Crippen LogP contribution in [-0.4, -0.2) is 20.3 Å². The average molecular weight is 528 g/mol. The first-order valence-corrected chi connectivity index (χ1v) is 13.8. The van der Waals surface area contributed by atoms with E-state index in [0.29, 0.717) is 10.5 Å². The van der Waals surface area contributed by atoms with Gasteiger partial charge in [-0.15, -0.1) is 22.7 Å². The highest BCUT2D eigenvalue weighted by molar-refractivity contribution is 7.14. The molecule has 5 rings (SSSR count). The number of aromatic nitrogens is 3. The van der Waals surface area contributed by atoms with Crippen LogP contribution in [0.4, 0.5) is 5.69 Å². The van der Waals surface area contributed by atoms with Crippen molar-refractivity contribution >= 4 is 34.6 Å². The Morgan fingerprint density at radius 1 is 0.919 bits per heavy atom. The lowest BCUT2D eigenvalue weighted by Crippen LogP contribution is -2.19. The Kier molecular flexibility index (Phi) is 6.70. The van der Waals surface area contributed by atoms with Gasteiger partial charge in [0, 0.05) is 12.4 Å². The fourth-order valence-electron chi connectivity index (χ4n) is 4.06. The van der Waals surface area contributed by atoms with E-state index >= 15 is 0 Å². The Balaban J connectivity index is 1.62. The molecule has 0 saturated carbocycles. The number of nitrogens with zero attached hydrogens (tertiary/aromatic N) is 5. The molecule has 3 heterocycles. The van der Waals surface area contributed by atoms with Crippen LogP contribution in [0.2, 0.25) is 0 Å². The molecule has 0 unspecified atom stereocenters. The molecule has 0 fully saturated rings. The van der Waals surface area contributed by atoms with Crippen LogP contribution in [0.5, 0.6) is 0 Å². The molecule has 0 saturated heterocycles. The number of hydrogen-bond donors (Lipinski definition) is 0. The third-order valence-corrected chi connectivity index (χ3v) is 8.00. The van der Waals surface area contributed by atoms with Gasteiger partial charge in [-0.1, -0.05) is 69.3 Å². The molecule has 0 aliphatic rings. The number of hydrogen-bond acceptors (Lipinski definition) is 5. The van der Waals surface area contributed by atoms with Crippen LogP contribution >= 0.6 is 22.7 Å². The van der Waals surface area contributed by atoms with Gasteiger partial charge in [0.1, 0.15) is 0 Å². The molecule has 0 spiro atoms. The molecule has 0 aliphatic heterocycles. The maximum atomic E-state index is 13.5. The smallest absolute Gasteiger partial charge is 0.283 e. The first kappa shape index (κ1) is 24.9. The van der Waals surface area contributed by atoms with Crippen LogP contribution < -0.4 is 10.4 Å². The summed E-state index contributed by atoms with van der Waals surface area (Å²) < 4.78 is 5.31. The number of thiophene rings is 1. The third kappa shape index (κ3) is 4.95. The monoisotopic (exact) mass is 527 g/mol. The Morgan fingerprint density at radius 3 is 2.30 bits per heavy atom. The van der Waals surface area contributed by atoms with E-state index in [-0.39, 0.29) is 11.0 Å². The quantitative estimate of drug-likeness (QED) is 0.241. The Bertz CT molecular complexity index is 1670. The van der Waals surface area contributed by atoms with Crippen LogP contribution in [0.1, 0.15) is 37.6 Å². The van der Waals surface area contributed by atoms with Gasteiger partial charge in [0.25, 0.3) is 5.56 Å². The topological polar surface area (TPSA) is 56.6 Å². The molecule has 0 atom stereocenters. The highest BCUT2D eigenvalue weighted by Crippen LogP contribution is 2.26. The van der Waals surface area contributed by atoms with Gasteiger partial charge in [-0.05, 0) is 47.0 Å². The second kappa shape index (κ2) is 9.95. The van der Waals surface area contributed by atoms with Gasteiger partial charge in [0.05, 0.1) is 28.2 Å². The van der Waals surface area contributed by atoms with Crippen LogP contribution in [0.25, 0.3) is 16.3 Å². The van der Waals surface area contributed by atoms with E-state index in [2.05, 4.69) is 51.1 Å². The van der Waals surface area contributed by atoms with Gasteiger partial charge >= 0.3 is 0 Å². The highest BCUT2D eigenvalue weighted by Gasteiger charge is 2.17. The second-order valence-corrected chi connectivity index (χ2v) is 11.6. The third-order valence-electron chi connectivity index (χ3n) is 6.29. The maximum absolute atomic E-state index is 13.5. The predicted octanol–water partition coefficient (Wildman–Crippen LogP) is 6.49. The summed E-state index contributed by atoms with van der Waals surface area (Å²) in [6.07, 6.45) is 1.84. The lowest BCUT2D eigenvalue weighted by Gasteiger charge is -2.18. The van der Waals surface area contributed by atoms with E-state index < -0.39 is 0 Å². The number of benzene rings is 2. The van der Waals surface area contributed by atoms with E-state index in [1.54, 1.807) is 16.0 Å². The fourth-order valence-corrected chi connectivity index (χ4v) is 5.69. The van der Waals surface area contributed by atoms with Crippen molar-refractivity contribution in [3.63, 3.8) is 0 Å². The van der Waals surface area contributed by atoms with Gasteiger partial charge in [0.2, 0.25) is 4.80 Å². The molecule has 6 nitrogen and oxygen atoms in total. The average Bonchev–Trinajstić information content (AvgIpc) is 3.60. The van der Waals surface area contributed by atoms with Crippen LogP contribution in [0, 0.1) is 6.92 Å². The number of rotatable bonds is 5. The van der Waals surface area contributed by atoms with Gasteiger partial charge < -0.3 is 0 Å². The predicted molar refractivity (Wildman–Crippen MR) is 155 cm³/mol. The van der Waals surface area contributed by atoms with Crippen molar-refractivity contribution in [2.75, 3.05) is 0 Å². The molecule has 0 radical (unpaired) electrons. The highest BCUT2D eigenvalue weighted by atomic mass is 32.1. The summed E-state index contributed by atoms with van der Waals surface area (Å²) in [5.74, 6) is 0. The van der Waals surface area contributed by atoms with E-state index in [1.807, 2.05) is 76.7 Å². The minimum absolute atomic E-state index is 0.0936. The van der Waals surface area contributed by atoms with Gasteiger partial charge in [-0.3, -0.25) is 9.48 Å². The molecular formula is C29H29N5OS2. The molecule has 8 heteroatoms. The van der Waals surface area contributed by atoms with Crippen molar-refractivity contribution in [3.05, 3.63) is 109 Å². The number of para-hydroxylation sites is 1. The van der Waals surface area contributed by atoms with Crippen molar-refractivity contribution in [3.8, 4) is 16.3 Å². The molecule has 0 amide bonds. The molecule has 0 aliphatic carbocycles. The SMILES string of the molecule is Cc1c(N=c2scc(-c3cccs3)n2N=Cc2ccc(C(C)(C)C)cc2)c(=O)n(-c2ccccc2)n1C. The molecule has 188 valence electrons. The molecule has 2 aromatic carbocycles. The summed E-state index contributed by atoms with van der Waals surface area (Å²) in [5, 5.41) is 8.91. The lowest BCUT2D eigenvalue weighted by molar-refractivity contribution is 0.590. The Labute approximate surface area is 224 Å². The fraction of sp³-hybridized carbons (Fsp3) is 0.207. The number of thiazole rings is 1. The zero-order chi connectivity index (χ0) is 26.2. The summed E-state index contributed by atoms with van der Waals surface area (Å²) in [5.41, 5.74) is 5.14. The second-order valence-electron chi connectivity index (χ2n) is 9.83. The zero-order valence-electron chi connectivity index (χ0n) is 21.5. The lowest BCUT2D eigenvalue weighted by atomic mass is 9.87. The van der Waals surface area contributed by atoms with Crippen molar-refractivity contribution in [2.24, 2.45) is 17.1 Å². The summed E-state index contributed by atoms with van der Waals surface area (Å²) in [7, 11) is 1.88. The first-order chi connectivity index (χ1) is 17.7. The largest absolute Gasteiger partial charge is 0.297 e. The van der Waals surface area contributed by atoms with Gasteiger partial charge in [-0.2, -0.15) is 5.10 Å². The van der Waals surface area contributed by atoms with Crippen molar-refractivity contribution in [1.82, 2.24) is 14.0 Å². The van der Waals surface area contributed by atoms with Crippen molar-refractivity contribution < 1.29 is 0 Å². The normalized spacial score (nSPS) is 12.6. The summed E-state index contributed by atoms with van der Waals surface area (Å²) in [6.45, 7) is 8.53. The van der Waals surface area contributed by atoms with E-state index in [0.717, 1.165) is 27.5 Å². The Hall–Kier alpha value is -3.75. The zero-order valence-corrected chi connectivity index (χ0v) is 23.2. The van der Waals surface area contributed by atoms with Crippen molar-refractivity contribution in [2.45, 2.75) is 33.1 Å². The first-order valence-electron chi connectivity index (χ1n) is 12.0. The van der Waals surface area contributed by atoms with E-state index in [1.165, 1.54) is 16.9 Å². The van der Waals surface area contributed by atoms with E-state index in [9.17, 15) is 4.79 Å². The molecular weight excluding hydrogens is 498 g/mol. The summed E-state index contributed by atoms with van der Waals surface area (Å²) in [6, 6.07) is 22.1. The van der Waals surface area contributed by atoms with Crippen LogP contribution in [-0.2, 0) is 12.5 Å². The van der Waals surface area contributed by atoms with Crippen LogP contribution in [0.3, 0.4) is 0 Å². The van der Waals surface area contributed by atoms with Gasteiger partial charge in [-0.25, -0.2) is 14.4 Å². The molecule has 3 aromatic heterocycles. The maximum Gasteiger partial charge on any atom is 0.297 e. The van der Waals surface area contributed by atoms with Gasteiger partial charge in [0.15, 0.2) is 5.69 Å². The molecule has 0 bridgehead atoms. The van der Waals surface area contributed by atoms with Crippen LogP contribution in [0.15, 0.2) is 92.4 Å². The van der Waals surface area contributed by atoms with Crippen molar-refractivity contribution in [1.29, 1.82) is 0 Å². The minimum atomic E-state index is -0.162. The molecule has 5 aromatic rings. The Morgan fingerprint density at radius 2 is 1.65 bits per heavy atom. The standard InChI is InChI=1S/C29H29N5OS2/c1-20-26(27(35)34(32(20)5)23-10-7-6-8-11-23)31-28-33(24(19-37-28)25-12-9-17-36-25)30-18-21-13-15-22(16-14-21)29(2,3)4/h6-19H,1-5H3. The molecule has 37 heavy (non-hydrogen) atoms. The van der Waals surface area contributed by atoms with E-state index in [4.69, 9.17) is 10.1 Å².